The summed E-state index contributed by atoms with van der Waals surface area (Å²) in [5, 5.41) is 0. The van der Waals surface area contributed by atoms with Gasteiger partial charge in [-0.1, -0.05) is 17.8 Å². The van der Waals surface area contributed by atoms with Crippen LogP contribution in [0.2, 0.25) is 0 Å². The zero-order chi connectivity index (χ0) is 16.9. The van der Waals surface area contributed by atoms with Gasteiger partial charge >= 0.3 is 0 Å². The standard InChI is InChI=1S/C18H24N2O3S/c1-3-22-11-10-20-15-9-8-14(23-4-2)12-16(15)24-18(20)19-17(21)13-6-5-7-13/h8-9,12-13H,3-7,10-11H2,1-2H3. The topological polar surface area (TPSA) is 52.8 Å². The summed E-state index contributed by atoms with van der Waals surface area (Å²) in [5.41, 5.74) is 1.07. The summed E-state index contributed by atoms with van der Waals surface area (Å²) in [4.78, 5) is 17.5. The first kappa shape index (κ1) is 17.2. The minimum absolute atomic E-state index is 0.0167. The number of aromatic nitrogens is 1. The molecule has 1 aromatic carbocycles. The molecule has 1 aliphatic carbocycles. The second kappa shape index (κ2) is 7.94. The molecular weight excluding hydrogens is 324 g/mol. The van der Waals surface area contributed by atoms with Gasteiger partial charge in [-0.2, -0.15) is 4.99 Å². The first-order valence-corrected chi connectivity index (χ1v) is 9.47. The van der Waals surface area contributed by atoms with Gasteiger partial charge in [0.15, 0.2) is 4.80 Å². The first-order chi connectivity index (χ1) is 11.7. The van der Waals surface area contributed by atoms with Gasteiger partial charge in [0, 0.05) is 19.1 Å². The van der Waals surface area contributed by atoms with Crippen LogP contribution in [0.1, 0.15) is 33.1 Å². The van der Waals surface area contributed by atoms with Crippen LogP contribution >= 0.6 is 11.3 Å². The molecule has 1 heterocycles. The van der Waals surface area contributed by atoms with Gasteiger partial charge in [-0.25, -0.2) is 0 Å². The molecule has 3 rings (SSSR count). The SMILES string of the molecule is CCOCCn1c(=NC(=O)C2CCC2)sc2cc(OCC)ccc21. The average molecular weight is 348 g/mol. The fourth-order valence-electron chi connectivity index (χ4n) is 2.75. The molecule has 0 radical (unpaired) electrons. The van der Waals surface area contributed by atoms with E-state index in [4.69, 9.17) is 9.47 Å². The molecule has 0 N–H and O–H groups in total. The van der Waals surface area contributed by atoms with Crippen molar-refractivity contribution in [3.05, 3.63) is 23.0 Å². The lowest BCUT2D eigenvalue weighted by molar-refractivity contribution is -0.124. The largest absolute Gasteiger partial charge is 0.494 e. The minimum atomic E-state index is 0.0167. The maximum atomic E-state index is 12.3. The Morgan fingerprint density at radius 3 is 2.83 bits per heavy atom. The maximum absolute atomic E-state index is 12.3. The molecule has 1 amide bonds. The van der Waals surface area contributed by atoms with Gasteiger partial charge in [0.2, 0.25) is 0 Å². The van der Waals surface area contributed by atoms with E-state index in [9.17, 15) is 4.79 Å². The summed E-state index contributed by atoms with van der Waals surface area (Å²) < 4.78 is 14.2. The number of ether oxygens (including phenoxy) is 2. The van der Waals surface area contributed by atoms with E-state index >= 15 is 0 Å². The molecule has 1 aliphatic rings. The second-order valence-electron chi connectivity index (χ2n) is 5.87. The monoisotopic (exact) mass is 348 g/mol. The van der Waals surface area contributed by atoms with Gasteiger partial charge in [-0.3, -0.25) is 4.79 Å². The van der Waals surface area contributed by atoms with Crippen molar-refractivity contribution < 1.29 is 14.3 Å². The van der Waals surface area contributed by atoms with Gasteiger partial charge in [0.1, 0.15) is 5.75 Å². The van der Waals surface area contributed by atoms with Crippen LogP contribution in [-0.2, 0) is 16.1 Å². The highest BCUT2D eigenvalue weighted by molar-refractivity contribution is 7.16. The third kappa shape index (κ3) is 3.70. The highest BCUT2D eigenvalue weighted by Crippen LogP contribution is 2.28. The Balaban J connectivity index is 1.98. The molecule has 2 aromatic rings. The highest BCUT2D eigenvalue weighted by atomic mass is 32.1. The van der Waals surface area contributed by atoms with Crippen molar-refractivity contribution in [3.63, 3.8) is 0 Å². The molecule has 0 spiro atoms. The summed E-state index contributed by atoms with van der Waals surface area (Å²) >= 11 is 1.54. The Morgan fingerprint density at radius 1 is 1.33 bits per heavy atom. The molecule has 130 valence electrons. The number of fused-ring (bicyclic) bond motifs is 1. The Labute approximate surface area is 145 Å². The van der Waals surface area contributed by atoms with Crippen molar-refractivity contribution in [1.29, 1.82) is 0 Å². The van der Waals surface area contributed by atoms with Crippen LogP contribution < -0.4 is 9.54 Å². The number of thiazole rings is 1. The number of rotatable bonds is 7. The molecule has 0 bridgehead atoms. The zero-order valence-electron chi connectivity index (χ0n) is 14.3. The van der Waals surface area contributed by atoms with E-state index in [0.717, 1.165) is 40.0 Å². The fourth-order valence-corrected chi connectivity index (χ4v) is 3.84. The van der Waals surface area contributed by atoms with Crippen LogP contribution in [0.15, 0.2) is 23.2 Å². The lowest BCUT2D eigenvalue weighted by atomic mass is 9.85. The number of hydrogen-bond acceptors (Lipinski definition) is 4. The molecule has 1 saturated carbocycles. The number of benzene rings is 1. The zero-order valence-corrected chi connectivity index (χ0v) is 15.1. The lowest BCUT2D eigenvalue weighted by Gasteiger charge is -2.20. The summed E-state index contributed by atoms with van der Waals surface area (Å²) in [6.07, 6.45) is 3.09. The Morgan fingerprint density at radius 2 is 2.17 bits per heavy atom. The third-order valence-electron chi connectivity index (χ3n) is 4.29. The van der Waals surface area contributed by atoms with Crippen LogP contribution in [0.4, 0.5) is 0 Å². The molecule has 1 aromatic heterocycles. The van der Waals surface area contributed by atoms with Crippen LogP contribution in [0.3, 0.4) is 0 Å². The second-order valence-corrected chi connectivity index (χ2v) is 6.88. The smallest absolute Gasteiger partial charge is 0.251 e. The molecular formula is C18H24N2O3S. The van der Waals surface area contributed by atoms with E-state index in [0.29, 0.717) is 26.4 Å². The van der Waals surface area contributed by atoms with E-state index in [1.54, 1.807) is 11.3 Å². The van der Waals surface area contributed by atoms with Crippen molar-refractivity contribution >= 4 is 27.5 Å². The molecule has 0 atom stereocenters. The maximum Gasteiger partial charge on any atom is 0.251 e. The Hall–Kier alpha value is -1.66. The normalized spacial score (nSPS) is 15.7. The number of carbonyl (C=O) groups excluding carboxylic acids is 1. The Kier molecular flexibility index (Phi) is 5.68. The van der Waals surface area contributed by atoms with Gasteiger partial charge in [-0.05, 0) is 44.9 Å². The minimum Gasteiger partial charge on any atom is -0.494 e. The number of nitrogens with zero attached hydrogens (tertiary/aromatic N) is 2. The van der Waals surface area contributed by atoms with Crippen LogP contribution in [0.5, 0.6) is 5.75 Å². The van der Waals surface area contributed by atoms with E-state index < -0.39 is 0 Å². The van der Waals surface area contributed by atoms with Crippen molar-refractivity contribution in [2.24, 2.45) is 10.9 Å². The van der Waals surface area contributed by atoms with Crippen LogP contribution in [0.25, 0.3) is 10.2 Å². The van der Waals surface area contributed by atoms with Crippen molar-refractivity contribution in [2.75, 3.05) is 19.8 Å². The van der Waals surface area contributed by atoms with Gasteiger partial charge < -0.3 is 14.0 Å². The summed E-state index contributed by atoms with van der Waals surface area (Å²) in [5.74, 6) is 0.984. The van der Waals surface area contributed by atoms with Gasteiger partial charge in [0.05, 0.1) is 23.4 Å². The predicted molar refractivity (Wildman–Crippen MR) is 95.4 cm³/mol. The van der Waals surface area contributed by atoms with Crippen LogP contribution in [-0.4, -0.2) is 30.3 Å². The molecule has 0 aliphatic heterocycles. The molecule has 6 heteroatoms. The summed E-state index contributed by atoms with van der Waals surface area (Å²) in [6.45, 7) is 6.58. The lowest BCUT2D eigenvalue weighted by Crippen LogP contribution is -2.25. The average Bonchev–Trinajstić information content (AvgIpc) is 2.83. The number of amides is 1. The van der Waals surface area contributed by atoms with Crippen molar-refractivity contribution in [1.82, 2.24) is 4.57 Å². The number of carbonyl (C=O) groups is 1. The summed E-state index contributed by atoms with van der Waals surface area (Å²) in [6, 6.07) is 6.02. The Bertz CT molecular complexity index is 774. The van der Waals surface area contributed by atoms with Gasteiger partial charge in [-0.15, -0.1) is 0 Å². The first-order valence-electron chi connectivity index (χ1n) is 8.65. The predicted octanol–water partition coefficient (Wildman–Crippen LogP) is 3.37. The molecule has 0 unspecified atom stereocenters. The third-order valence-corrected chi connectivity index (χ3v) is 5.33. The van der Waals surface area contributed by atoms with E-state index in [1.807, 2.05) is 32.0 Å². The molecule has 5 nitrogen and oxygen atoms in total. The highest BCUT2D eigenvalue weighted by Gasteiger charge is 2.25. The van der Waals surface area contributed by atoms with Crippen molar-refractivity contribution in [3.8, 4) is 5.75 Å². The van der Waals surface area contributed by atoms with E-state index in [-0.39, 0.29) is 11.8 Å². The van der Waals surface area contributed by atoms with E-state index in [1.165, 1.54) is 0 Å². The van der Waals surface area contributed by atoms with Crippen molar-refractivity contribution in [2.45, 2.75) is 39.7 Å². The quantitative estimate of drug-likeness (QED) is 0.721. The fraction of sp³-hybridized carbons (Fsp3) is 0.556. The molecule has 24 heavy (non-hydrogen) atoms. The van der Waals surface area contributed by atoms with Crippen LogP contribution in [0, 0.1) is 5.92 Å². The summed E-state index contributed by atoms with van der Waals surface area (Å²) in [7, 11) is 0. The van der Waals surface area contributed by atoms with Gasteiger partial charge in [0.25, 0.3) is 5.91 Å². The number of hydrogen-bond donors (Lipinski definition) is 0. The molecule has 1 fully saturated rings. The molecule has 0 saturated heterocycles. The van der Waals surface area contributed by atoms with E-state index in [2.05, 4.69) is 9.56 Å².